The lowest BCUT2D eigenvalue weighted by molar-refractivity contribution is 0.848. The van der Waals surface area contributed by atoms with Gasteiger partial charge in [0.05, 0.1) is 15.0 Å². The first-order valence-corrected chi connectivity index (χ1v) is 8.73. The molecule has 2 rings (SSSR count). The van der Waals surface area contributed by atoms with Crippen LogP contribution in [0, 0.1) is 3.57 Å². The molecule has 6 heteroatoms. The smallest absolute Gasteiger partial charge is 0.141 e. The van der Waals surface area contributed by atoms with Crippen molar-refractivity contribution in [1.29, 1.82) is 0 Å². The van der Waals surface area contributed by atoms with Gasteiger partial charge in [-0.25, -0.2) is 9.97 Å². The molecule has 2 N–H and O–H groups in total. The SMILES string of the molecule is CCCc1nc(CSc2ccc(Cl)cc2)nc(N)c1I. The molecule has 0 saturated carbocycles. The zero-order valence-corrected chi connectivity index (χ0v) is 14.8. The maximum absolute atomic E-state index is 5.96. The fourth-order valence-corrected chi connectivity index (χ4v) is 3.10. The number of hydrogen-bond acceptors (Lipinski definition) is 4. The van der Waals surface area contributed by atoms with Crippen molar-refractivity contribution in [3.8, 4) is 0 Å². The zero-order valence-electron chi connectivity index (χ0n) is 11.1. The molecule has 0 spiro atoms. The molecule has 0 amide bonds. The van der Waals surface area contributed by atoms with E-state index in [0.717, 1.165) is 37.8 Å². The van der Waals surface area contributed by atoms with Gasteiger partial charge in [0.25, 0.3) is 0 Å². The van der Waals surface area contributed by atoms with Crippen molar-refractivity contribution < 1.29 is 0 Å². The van der Waals surface area contributed by atoms with Gasteiger partial charge in [-0.15, -0.1) is 11.8 Å². The van der Waals surface area contributed by atoms with Gasteiger partial charge in [0.1, 0.15) is 11.6 Å². The molecule has 0 saturated heterocycles. The van der Waals surface area contributed by atoms with Gasteiger partial charge in [0.2, 0.25) is 0 Å². The van der Waals surface area contributed by atoms with E-state index in [2.05, 4.69) is 39.5 Å². The molecule has 0 fully saturated rings. The highest BCUT2D eigenvalue weighted by Gasteiger charge is 2.09. The summed E-state index contributed by atoms with van der Waals surface area (Å²) in [5.74, 6) is 2.07. The third-order valence-corrected chi connectivity index (χ3v) is 5.10. The van der Waals surface area contributed by atoms with Crippen molar-refractivity contribution in [1.82, 2.24) is 9.97 Å². The Labute approximate surface area is 141 Å². The quantitative estimate of drug-likeness (QED) is 0.570. The standard InChI is InChI=1S/C14H15ClIN3S/c1-2-3-11-13(16)14(17)19-12(18-11)8-20-10-6-4-9(15)5-7-10/h4-7H,2-3,8H2,1H3,(H2,17,18,19). The molecule has 106 valence electrons. The molecule has 1 heterocycles. The van der Waals surface area contributed by atoms with Gasteiger partial charge in [-0.05, 0) is 53.3 Å². The van der Waals surface area contributed by atoms with Crippen LogP contribution < -0.4 is 5.73 Å². The topological polar surface area (TPSA) is 51.8 Å². The van der Waals surface area contributed by atoms with Gasteiger partial charge in [-0.2, -0.15) is 0 Å². The van der Waals surface area contributed by atoms with Crippen LogP contribution in [0.5, 0.6) is 0 Å². The van der Waals surface area contributed by atoms with Crippen LogP contribution in [0.4, 0.5) is 5.82 Å². The van der Waals surface area contributed by atoms with E-state index >= 15 is 0 Å². The number of benzene rings is 1. The lowest BCUT2D eigenvalue weighted by Crippen LogP contribution is -2.06. The van der Waals surface area contributed by atoms with E-state index in [0.29, 0.717) is 11.6 Å². The molecule has 3 nitrogen and oxygen atoms in total. The summed E-state index contributed by atoms with van der Waals surface area (Å²) < 4.78 is 0.977. The number of thioether (sulfide) groups is 1. The van der Waals surface area contributed by atoms with Gasteiger partial charge in [-0.1, -0.05) is 24.9 Å². The summed E-state index contributed by atoms with van der Waals surface area (Å²) in [5.41, 5.74) is 7.00. The summed E-state index contributed by atoms with van der Waals surface area (Å²) in [5, 5.41) is 0.745. The lowest BCUT2D eigenvalue weighted by Gasteiger charge is -2.08. The van der Waals surface area contributed by atoms with Crippen molar-refractivity contribution in [3.63, 3.8) is 0 Å². The van der Waals surface area contributed by atoms with Crippen LogP contribution >= 0.6 is 46.0 Å². The monoisotopic (exact) mass is 419 g/mol. The zero-order chi connectivity index (χ0) is 14.5. The Morgan fingerprint density at radius 1 is 1.25 bits per heavy atom. The van der Waals surface area contributed by atoms with E-state index in [4.69, 9.17) is 17.3 Å². The van der Waals surface area contributed by atoms with Crippen LogP contribution in [-0.4, -0.2) is 9.97 Å². The Hall–Kier alpha value is -0.530. The Morgan fingerprint density at radius 2 is 1.95 bits per heavy atom. The third kappa shape index (κ3) is 4.23. The average molecular weight is 420 g/mol. The second-order valence-electron chi connectivity index (χ2n) is 4.28. The van der Waals surface area contributed by atoms with Gasteiger partial charge in [0, 0.05) is 9.92 Å². The second-order valence-corrected chi connectivity index (χ2v) is 6.84. The van der Waals surface area contributed by atoms with Gasteiger partial charge in [0.15, 0.2) is 0 Å². The number of nitrogens with zero attached hydrogens (tertiary/aromatic N) is 2. The molecule has 0 aliphatic rings. The number of aryl methyl sites for hydroxylation is 1. The largest absolute Gasteiger partial charge is 0.383 e. The van der Waals surface area contributed by atoms with E-state index in [1.54, 1.807) is 11.8 Å². The normalized spacial score (nSPS) is 10.8. The van der Waals surface area contributed by atoms with E-state index in [1.807, 2.05) is 24.3 Å². The summed E-state index contributed by atoms with van der Waals surface area (Å²) in [6, 6.07) is 7.76. The number of nitrogens with two attached hydrogens (primary N) is 1. The summed E-state index contributed by atoms with van der Waals surface area (Å²) in [6.45, 7) is 2.14. The maximum atomic E-state index is 5.96. The average Bonchev–Trinajstić information content (AvgIpc) is 2.44. The summed E-state index contributed by atoms with van der Waals surface area (Å²) in [7, 11) is 0. The first-order chi connectivity index (χ1) is 9.60. The van der Waals surface area contributed by atoms with Crippen LogP contribution in [0.25, 0.3) is 0 Å². The van der Waals surface area contributed by atoms with Gasteiger partial charge in [-0.3, -0.25) is 0 Å². The fourth-order valence-electron chi connectivity index (χ4n) is 1.71. The fraction of sp³-hybridized carbons (Fsp3) is 0.286. The Bertz CT molecular complexity index is 590. The predicted molar refractivity (Wildman–Crippen MR) is 94.2 cm³/mol. The van der Waals surface area contributed by atoms with Crippen LogP contribution in [0.2, 0.25) is 5.02 Å². The summed E-state index contributed by atoms with van der Waals surface area (Å²) in [4.78, 5) is 10.1. The van der Waals surface area contributed by atoms with E-state index in [-0.39, 0.29) is 0 Å². The van der Waals surface area contributed by atoms with Crippen molar-refractivity contribution in [2.75, 3.05) is 5.73 Å². The maximum Gasteiger partial charge on any atom is 0.141 e. The minimum atomic E-state index is 0.579. The lowest BCUT2D eigenvalue weighted by atomic mass is 10.2. The molecule has 0 aliphatic heterocycles. The molecule has 1 aromatic heterocycles. The van der Waals surface area contributed by atoms with Crippen LogP contribution in [0.15, 0.2) is 29.2 Å². The summed E-state index contributed by atoms with van der Waals surface area (Å²) in [6.07, 6.45) is 1.99. The highest BCUT2D eigenvalue weighted by Crippen LogP contribution is 2.25. The Morgan fingerprint density at radius 3 is 2.60 bits per heavy atom. The number of anilines is 1. The second kappa shape index (κ2) is 7.47. The van der Waals surface area contributed by atoms with Gasteiger partial charge < -0.3 is 5.73 Å². The van der Waals surface area contributed by atoms with Crippen LogP contribution in [-0.2, 0) is 12.2 Å². The number of hydrogen-bond donors (Lipinski definition) is 1. The number of halogens is 2. The molecule has 0 radical (unpaired) electrons. The minimum Gasteiger partial charge on any atom is -0.383 e. The molecular formula is C14H15ClIN3S. The predicted octanol–water partition coefficient (Wildman–Crippen LogP) is 4.56. The molecule has 1 aromatic carbocycles. The van der Waals surface area contributed by atoms with Crippen molar-refractivity contribution in [2.45, 2.75) is 30.4 Å². The number of nitrogen functional groups attached to an aromatic ring is 1. The summed E-state index contributed by atoms with van der Waals surface area (Å²) >= 11 is 9.77. The third-order valence-electron chi connectivity index (χ3n) is 2.66. The van der Waals surface area contributed by atoms with Gasteiger partial charge >= 0.3 is 0 Å². The highest BCUT2D eigenvalue weighted by atomic mass is 127. The van der Waals surface area contributed by atoms with E-state index in [1.165, 1.54) is 0 Å². The van der Waals surface area contributed by atoms with E-state index < -0.39 is 0 Å². The molecule has 0 aliphatic carbocycles. The van der Waals surface area contributed by atoms with E-state index in [9.17, 15) is 0 Å². The number of rotatable bonds is 5. The van der Waals surface area contributed by atoms with Crippen molar-refractivity contribution in [2.24, 2.45) is 0 Å². The van der Waals surface area contributed by atoms with Crippen LogP contribution in [0.3, 0.4) is 0 Å². The Balaban J connectivity index is 2.11. The number of aromatic nitrogens is 2. The highest BCUT2D eigenvalue weighted by molar-refractivity contribution is 14.1. The molecule has 0 bridgehead atoms. The first kappa shape index (κ1) is 15.9. The molecular weight excluding hydrogens is 405 g/mol. The van der Waals surface area contributed by atoms with Crippen LogP contribution in [0.1, 0.15) is 24.9 Å². The minimum absolute atomic E-state index is 0.579. The molecule has 2 aromatic rings. The molecule has 0 unspecified atom stereocenters. The molecule has 20 heavy (non-hydrogen) atoms. The van der Waals surface area contributed by atoms with Crippen molar-refractivity contribution >= 4 is 51.8 Å². The Kier molecular flexibility index (Phi) is 5.92. The first-order valence-electron chi connectivity index (χ1n) is 6.29. The molecule has 0 atom stereocenters. The van der Waals surface area contributed by atoms with Crippen molar-refractivity contribution in [3.05, 3.63) is 44.4 Å².